The summed E-state index contributed by atoms with van der Waals surface area (Å²) >= 11 is 0. The maximum absolute atomic E-state index is 13.5. The Balaban J connectivity index is 1.55. The number of benzene rings is 4. The van der Waals surface area contributed by atoms with Crippen LogP contribution in [0.4, 0.5) is 5.69 Å². The molecule has 2 amide bonds. The monoisotopic (exact) mass is 604 g/mol. The number of nitrogens with one attached hydrogen (secondary N) is 2. The van der Waals surface area contributed by atoms with Gasteiger partial charge in [0.1, 0.15) is 5.70 Å². The van der Waals surface area contributed by atoms with Crippen LogP contribution < -0.4 is 24.8 Å². The van der Waals surface area contributed by atoms with E-state index in [0.29, 0.717) is 45.5 Å². The van der Waals surface area contributed by atoms with Crippen LogP contribution in [0.3, 0.4) is 0 Å². The molecule has 8 nitrogen and oxygen atoms in total. The molecule has 8 heteroatoms. The van der Waals surface area contributed by atoms with Crippen molar-refractivity contribution in [1.82, 2.24) is 5.32 Å². The van der Waals surface area contributed by atoms with Gasteiger partial charge in [0.15, 0.2) is 17.3 Å². The fraction of sp³-hybridized carbons (Fsp3) is 0.162. The van der Waals surface area contributed by atoms with Crippen molar-refractivity contribution in [3.8, 4) is 17.2 Å². The van der Waals surface area contributed by atoms with E-state index in [-0.39, 0.29) is 11.5 Å². The van der Waals surface area contributed by atoms with Crippen LogP contribution in [0.2, 0.25) is 0 Å². The third kappa shape index (κ3) is 8.48. The molecule has 0 aliphatic rings. The van der Waals surface area contributed by atoms with Crippen molar-refractivity contribution in [1.29, 1.82) is 0 Å². The van der Waals surface area contributed by atoms with E-state index in [1.807, 2.05) is 12.1 Å². The molecule has 45 heavy (non-hydrogen) atoms. The fourth-order valence-electron chi connectivity index (χ4n) is 4.47. The van der Waals surface area contributed by atoms with Gasteiger partial charge in [-0.15, -0.1) is 0 Å². The van der Waals surface area contributed by atoms with Crippen molar-refractivity contribution in [3.05, 3.63) is 131 Å². The Kier molecular flexibility index (Phi) is 10.9. The number of allylic oxidation sites excluding steroid dienone is 1. The third-order valence-corrected chi connectivity index (χ3v) is 6.98. The summed E-state index contributed by atoms with van der Waals surface area (Å²) in [5, 5.41) is 5.51. The van der Waals surface area contributed by atoms with E-state index in [9.17, 15) is 14.4 Å². The molecule has 0 saturated carbocycles. The SMILES string of the molecule is COc1cc(/C=C(\NC(=O)c2ccccc2)C(=O)Nc2ccc(C(=O)/C=C/c3ccc(C(C)C)cc3)cc2)cc(OC)c1OC. The number of ether oxygens (including phenoxy) is 3. The molecule has 4 aromatic carbocycles. The standard InChI is InChI=1S/C37H36N2O6/c1-24(2)27-14-11-25(12-15-27)13-20-32(40)28-16-18-30(19-17-28)38-37(42)31(39-36(41)29-9-7-6-8-10-29)21-26-22-33(43-3)35(45-5)34(23-26)44-4/h6-24H,1-5H3,(H,38,42)(H,39,41)/b20-13+,31-21-. The number of hydrogen-bond donors (Lipinski definition) is 2. The quantitative estimate of drug-likeness (QED) is 0.132. The summed E-state index contributed by atoms with van der Waals surface area (Å²) in [5.74, 6) is 0.403. The molecule has 0 radical (unpaired) electrons. The zero-order valence-corrected chi connectivity index (χ0v) is 25.9. The zero-order chi connectivity index (χ0) is 32.3. The van der Waals surface area contributed by atoms with Gasteiger partial charge in [0.05, 0.1) is 21.3 Å². The van der Waals surface area contributed by atoms with E-state index >= 15 is 0 Å². The molecule has 4 rings (SSSR count). The molecular formula is C37H36N2O6. The van der Waals surface area contributed by atoms with Crippen LogP contribution in [0.5, 0.6) is 17.2 Å². The van der Waals surface area contributed by atoms with Gasteiger partial charge in [-0.3, -0.25) is 14.4 Å². The lowest BCUT2D eigenvalue weighted by Gasteiger charge is -2.14. The van der Waals surface area contributed by atoms with E-state index in [1.165, 1.54) is 39.0 Å². The predicted molar refractivity (Wildman–Crippen MR) is 177 cm³/mol. The number of rotatable bonds is 12. The van der Waals surface area contributed by atoms with Crippen LogP contribution in [-0.2, 0) is 4.79 Å². The second-order valence-corrected chi connectivity index (χ2v) is 10.4. The molecule has 0 atom stereocenters. The Hall–Kier alpha value is -5.63. The van der Waals surface area contributed by atoms with Gasteiger partial charge in [-0.05, 0) is 83.3 Å². The first kappa shape index (κ1) is 32.3. The lowest BCUT2D eigenvalue weighted by molar-refractivity contribution is -0.113. The Morgan fingerprint density at radius 1 is 0.711 bits per heavy atom. The maximum atomic E-state index is 13.5. The van der Waals surface area contributed by atoms with E-state index in [2.05, 4.69) is 36.6 Å². The van der Waals surface area contributed by atoms with E-state index in [4.69, 9.17) is 14.2 Å². The first-order valence-electron chi connectivity index (χ1n) is 14.3. The normalized spacial score (nSPS) is 11.3. The Labute approximate surface area is 263 Å². The van der Waals surface area contributed by atoms with Gasteiger partial charge in [-0.2, -0.15) is 0 Å². The second kappa shape index (κ2) is 15.2. The minimum absolute atomic E-state index is 0.0234. The number of amides is 2. The van der Waals surface area contributed by atoms with Crippen molar-refractivity contribution in [2.45, 2.75) is 19.8 Å². The van der Waals surface area contributed by atoms with E-state index < -0.39 is 11.8 Å². The van der Waals surface area contributed by atoms with Gasteiger partial charge in [-0.25, -0.2) is 0 Å². The number of carbonyl (C=O) groups is 3. The van der Waals surface area contributed by atoms with Crippen LogP contribution in [-0.4, -0.2) is 38.9 Å². The highest BCUT2D eigenvalue weighted by Gasteiger charge is 2.18. The van der Waals surface area contributed by atoms with E-state index in [1.54, 1.807) is 72.8 Å². The minimum atomic E-state index is -0.572. The molecule has 0 aromatic heterocycles. The van der Waals surface area contributed by atoms with Crippen LogP contribution in [0.15, 0.2) is 103 Å². The highest BCUT2D eigenvalue weighted by atomic mass is 16.5. The van der Waals surface area contributed by atoms with Crippen LogP contribution in [0, 0.1) is 0 Å². The van der Waals surface area contributed by atoms with Gasteiger partial charge < -0.3 is 24.8 Å². The fourth-order valence-corrected chi connectivity index (χ4v) is 4.47. The number of hydrogen-bond acceptors (Lipinski definition) is 6. The molecule has 0 bridgehead atoms. The zero-order valence-electron chi connectivity index (χ0n) is 25.9. The molecular weight excluding hydrogens is 568 g/mol. The molecule has 0 aliphatic heterocycles. The maximum Gasteiger partial charge on any atom is 0.272 e. The van der Waals surface area contributed by atoms with Crippen LogP contribution in [0.1, 0.15) is 57.2 Å². The predicted octanol–water partition coefficient (Wildman–Crippen LogP) is 7.14. The Morgan fingerprint density at radius 2 is 1.33 bits per heavy atom. The van der Waals surface area contributed by atoms with Crippen molar-refractivity contribution in [2.24, 2.45) is 0 Å². The average Bonchev–Trinajstić information content (AvgIpc) is 3.07. The molecule has 0 saturated heterocycles. The first-order valence-corrected chi connectivity index (χ1v) is 14.3. The Morgan fingerprint density at radius 3 is 1.89 bits per heavy atom. The molecule has 2 N–H and O–H groups in total. The summed E-state index contributed by atoms with van der Waals surface area (Å²) in [6.07, 6.45) is 4.81. The van der Waals surface area contributed by atoms with Crippen molar-refractivity contribution < 1.29 is 28.6 Å². The number of methoxy groups -OCH3 is 3. The molecule has 0 spiro atoms. The van der Waals surface area contributed by atoms with Gasteiger partial charge in [0.2, 0.25) is 5.75 Å². The Bertz CT molecular complexity index is 1680. The van der Waals surface area contributed by atoms with Crippen LogP contribution in [0.25, 0.3) is 12.2 Å². The molecule has 0 heterocycles. The van der Waals surface area contributed by atoms with Gasteiger partial charge in [0.25, 0.3) is 11.8 Å². The molecule has 230 valence electrons. The topological polar surface area (TPSA) is 103 Å². The number of ketones is 1. The minimum Gasteiger partial charge on any atom is -0.493 e. The largest absolute Gasteiger partial charge is 0.493 e. The average molecular weight is 605 g/mol. The molecule has 0 fully saturated rings. The highest BCUT2D eigenvalue weighted by molar-refractivity contribution is 6.11. The van der Waals surface area contributed by atoms with Gasteiger partial charge in [0, 0.05) is 16.8 Å². The summed E-state index contributed by atoms with van der Waals surface area (Å²) in [7, 11) is 4.48. The lowest BCUT2D eigenvalue weighted by atomic mass is 10.0. The first-order chi connectivity index (χ1) is 21.7. The summed E-state index contributed by atoms with van der Waals surface area (Å²) in [6.45, 7) is 4.27. The number of anilines is 1. The van der Waals surface area contributed by atoms with E-state index in [0.717, 1.165) is 5.56 Å². The summed E-state index contributed by atoms with van der Waals surface area (Å²) in [6, 6.07) is 26.5. The summed E-state index contributed by atoms with van der Waals surface area (Å²) in [4.78, 5) is 39.3. The third-order valence-electron chi connectivity index (χ3n) is 6.98. The number of carbonyl (C=O) groups excluding carboxylic acids is 3. The van der Waals surface area contributed by atoms with Crippen molar-refractivity contribution in [3.63, 3.8) is 0 Å². The molecule has 0 aliphatic carbocycles. The van der Waals surface area contributed by atoms with Gasteiger partial charge in [-0.1, -0.05) is 62.4 Å². The van der Waals surface area contributed by atoms with Crippen LogP contribution >= 0.6 is 0 Å². The summed E-state index contributed by atoms with van der Waals surface area (Å²) < 4.78 is 16.3. The van der Waals surface area contributed by atoms with Gasteiger partial charge >= 0.3 is 0 Å². The second-order valence-electron chi connectivity index (χ2n) is 10.4. The summed E-state index contributed by atoms with van der Waals surface area (Å²) in [5.41, 5.74) is 3.95. The highest BCUT2D eigenvalue weighted by Crippen LogP contribution is 2.38. The van der Waals surface area contributed by atoms with Crippen molar-refractivity contribution in [2.75, 3.05) is 26.6 Å². The molecule has 4 aromatic rings. The smallest absolute Gasteiger partial charge is 0.272 e. The lowest BCUT2D eigenvalue weighted by Crippen LogP contribution is -2.30. The molecule has 0 unspecified atom stereocenters. The van der Waals surface area contributed by atoms with Crippen molar-refractivity contribution >= 4 is 35.4 Å².